The first kappa shape index (κ1) is 11.7. The summed E-state index contributed by atoms with van der Waals surface area (Å²) in [5.41, 5.74) is 1.35. The summed E-state index contributed by atoms with van der Waals surface area (Å²) >= 11 is 0. The van der Waals surface area contributed by atoms with Gasteiger partial charge in [-0.2, -0.15) is 5.26 Å². The highest BCUT2D eigenvalue weighted by atomic mass is 15.1. The second-order valence-electron chi connectivity index (χ2n) is 3.84. The lowest BCUT2D eigenvalue weighted by Gasteiger charge is -2.15. The Balaban J connectivity index is 2.19. The molecule has 0 heterocycles. The summed E-state index contributed by atoms with van der Waals surface area (Å²) in [6.07, 6.45) is 2.80. The lowest BCUT2D eigenvalue weighted by Crippen LogP contribution is -2.18. The first-order valence-corrected chi connectivity index (χ1v) is 5.42. The molecule has 0 aliphatic heterocycles. The topological polar surface area (TPSA) is 27.0 Å². The average Bonchev–Trinajstić information content (AvgIpc) is 2.26. The van der Waals surface area contributed by atoms with E-state index in [0.717, 1.165) is 25.9 Å². The molecule has 0 aliphatic carbocycles. The SMILES string of the molecule is CN(CCCCC#N)Cc1ccccc1. The van der Waals surface area contributed by atoms with Crippen LogP contribution in [0.2, 0.25) is 0 Å². The molecule has 1 rings (SSSR count). The first-order chi connectivity index (χ1) is 7.33. The van der Waals surface area contributed by atoms with Crippen molar-refractivity contribution < 1.29 is 0 Å². The minimum Gasteiger partial charge on any atom is -0.302 e. The lowest BCUT2D eigenvalue weighted by molar-refractivity contribution is 0.319. The molecule has 0 fully saturated rings. The van der Waals surface area contributed by atoms with Gasteiger partial charge >= 0.3 is 0 Å². The summed E-state index contributed by atoms with van der Waals surface area (Å²) in [6, 6.07) is 12.6. The fourth-order valence-electron chi connectivity index (χ4n) is 1.56. The van der Waals surface area contributed by atoms with Crippen molar-refractivity contribution in [2.24, 2.45) is 0 Å². The number of benzene rings is 1. The Bertz CT molecular complexity index is 300. The summed E-state index contributed by atoms with van der Waals surface area (Å²) in [5, 5.41) is 8.40. The Morgan fingerprint density at radius 3 is 2.60 bits per heavy atom. The molecular formula is C13H18N2. The normalized spacial score (nSPS) is 10.2. The molecule has 0 atom stereocenters. The van der Waals surface area contributed by atoms with Crippen LogP contribution in [0.15, 0.2) is 30.3 Å². The van der Waals surface area contributed by atoms with Crippen LogP contribution in [0.3, 0.4) is 0 Å². The Hall–Kier alpha value is -1.33. The zero-order valence-electron chi connectivity index (χ0n) is 9.32. The molecule has 0 N–H and O–H groups in total. The standard InChI is InChI=1S/C13H18N2/c1-15(11-7-3-6-10-14)12-13-8-4-2-5-9-13/h2,4-5,8-9H,3,6-7,11-12H2,1H3. The molecule has 0 saturated carbocycles. The summed E-state index contributed by atoms with van der Waals surface area (Å²) in [4.78, 5) is 2.30. The molecule has 2 heteroatoms. The van der Waals surface area contributed by atoms with Crippen LogP contribution in [0.25, 0.3) is 0 Å². The minimum absolute atomic E-state index is 0.680. The fraction of sp³-hybridized carbons (Fsp3) is 0.462. The van der Waals surface area contributed by atoms with E-state index in [2.05, 4.69) is 42.3 Å². The number of nitrogens with zero attached hydrogens (tertiary/aromatic N) is 2. The second kappa shape index (κ2) is 7.03. The maximum Gasteiger partial charge on any atom is 0.0621 e. The van der Waals surface area contributed by atoms with Gasteiger partial charge in [0.25, 0.3) is 0 Å². The van der Waals surface area contributed by atoms with Crippen molar-refractivity contribution in [2.45, 2.75) is 25.8 Å². The van der Waals surface area contributed by atoms with Gasteiger partial charge in [-0.25, -0.2) is 0 Å². The van der Waals surface area contributed by atoms with Crippen LogP contribution in [-0.2, 0) is 6.54 Å². The van der Waals surface area contributed by atoms with E-state index in [9.17, 15) is 0 Å². The first-order valence-electron chi connectivity index (χ1n) is 5.42. The van der Waals surface area contributed by atoms with Crippen LogP contribution in [-0.4, -0.2) is 18.5 Å². The van der Waals surface area contributed by atoms with Gasteiger partial charge in [-0.1, -0.05) is 30.3 Å². The summed E-state index contributed by atoms with van der Waals surface area (Å²) in [5.74, 6) is 0. The molecule has 0 aromatic heterocycles. The van der Waals surface area contributed by atoms with Crippen molar-refractivity contribution in [2.75, 3.05) is 13.6 Å². The highest BCUT2D eigenvalue weighted by Crippen LogP contribution is 2.04. The van der Waals surface area contributed by atoms with Gasteiger partial charge in [0.05, 0.1) is 6.07 Å². The van der Waals surface area contributed by atoms with Crippen LogP contribution in [0, 0.1) is 11.3 Å². The van der Waals surface area contributed by atoms with Crippen LogP contribution in [0.1, 0.15) is 24.8 Å². The quantitative estimate of drug-likeness (QED) is 0.663. The second-order valence-corrected chi connectivity index (χ2v) is 3.84. The van der Waals surface area contributed by atoms with E-state index in [4.69, 9.17) is 5.26 Å². The molecule has 0 saturated heterocycles. The van der Waals surface area contributed by atoms with Crippen LogP contribution in [0.4, 0.5) is 0 Å². The molecular weight excluding hydrogens is 184 g/mol. The molecule has 15 heavy (non-hydrogen) atoms. The predicted molar refractivity (Wildman–Crippen MR) is 62.2 cm³/mol. The van der Waals surface area contributed by atoms with Crippen molar-refractivity contribution >= 4 is 0 Å². The van der Waals surface area contributed by atoms with Gasteiger partial charge < -0.3 is 4.90 Å². The van der Waals surface area contributed by atoms with Crippen LogP contribution in [0.5, 0.6) is 0 Å². The summed E-state index contributed by atoms with van der Waals surface area (Å²) < 4.78 is 0. The molecule has 80 valence electrons. The number of hydrogen-bond acceptors (Lipinski definition) is 2. The van der Waals surface area contributed by atoms with E-state index in [1.807, 2.05) is 6.07 Å². The molecule has 0 aliphatic rings. The van der Waals surface area contributed by atoms with Crippen molar-refractivity contribution in [3.63, 3.8) is 0 Å². The van der Waals surface area contributed by atoms with Gasteiger partial charge in [0.2, 0.25) is 0 Å². The van der Waals surface area contributed by atoms with Crippen molar-refractivity contribution in [3.8, 4) is 6.07 Å². The van der Waals surface area contributed by atoms with Gasteiger partial charge in [0.15, 0.2) is 0 Å². The molecule has 1 aromatic carbocycles. The van der Waals surface area contributed by atoms with Crippen molar-refractivity contribution in [1.29, 1.82) is 5.26 Å². The van der Waals surface area contributed by atoms with Crippen molar-refractivity contribution in [1.82, 2.24) is 4.90 Å². The Kier molecular flexibility index (Phi) is 5.50. The van der Waals surface area contributed by atoms with E-state index in [1.54, 1.807) is 0 Å². The molecule has 0 radical (unpaired) electrons. The third-order valence-corrected chi connectivity index (χ3v) is 2.37. The summed E-state index contributed by atoms with van der Waals surface area (Å²) in [6.45, 7) is 2.06. The largest absolute Gasteiger partial charge is 0.302 e. The van der Waals surface area contributed by atoms with E-state index in [1.165, 1.54) is 5.56 Å². The molecule has 2 nitrogen and oxygen atoms in total. The maximum atomic E-state index is 8.40. The van der Waals surface area contributed by atoms with Crippen molar-refractivity contribution in [3.05, 3.63) is 35.9 Å². The minimum atomic E-state index is 0.680. The Labute approximate surface area is 92.1 Å². The van der Waals surface area contributed by atoms with E-state index < -0.39 is 0 Å². The molecule has 0 spiro atoms. The van der Waals surface area contributed by atoms with E-state index in [-0.39, 0.29) is 0 Å². The molecule has 0 amide bonds. The highest BCUT2D eigenvalue weighted by Gasteiger charge is 1.98. The number of nitriles is 1. The van der Waals surface area contributed by atoms with E-state index >= 15 is 0 Å². The van der Waals surface area contributed by atoms with Gasteiger partial charge in [-0.3, -0.25) is 0 Å². The Morgan fingerprint density at radius 2 is 1.93 bits per heavy atom. The molecule has 0 bridgehead atoms. The average molecular weight is 202 g/mol. The zero-order chi connectivity index (χ0) is 10.9. The van der Waals surface area contributed by atoms with Gasteiger partial charge in [0.1, 0.15) is 0 Å². The highest BCUT2D eigenvalue weighted by molar-refractivity contribution is 5.14. The zero-order valence-corrected chi connectivity index (χ0v) is 9.32. The number of rotatable bonds is 6. The lowest BCUT2D eigenvalue weighted by atomic mass is 10.2. The third-order valence-electron chi connectivity index (χ3n) is 2.37. The van der Waals surface area contributed by atoms with Gasteiger partial charge in [-0.05, 0) is 32.0 Å². The smallest absolute Gasteiger partial charge is 0.0621 e. The summed E-state index contributed by atoms with van der Waals surface area (Å²) in [7, 11) is 2.12. The molecule has 0 unspecified atom stereocenters. The Morgan fingerprint density at radius 1 is 1.20 bits per heavy atom. The predicted octanol–water partition coefficient (Wildman–Crippen LogP) is 2.81. The number of unbranched alkanes of at least 4 members (excludes halogenated alkanes) is 2. The third kappa shape index (κ3) is 5.19. The monoisotopic (exact) mass is 202 g/mol. The van der Waals surface area contributed by atoms with Crippen LogP contribution < -0.4 is 0 Å². The fourth-order valence-corrected chi connectivity index (χ4v) is 1.56. The number of hydrogen-bond donors (Lipinski definition) is 0. The van der Waals surface area contributed by atoms with Crippen LogP contribution >= 0.6 is 0 Å². The van der Waals surface area contributed by atoms with Gasteiger partial charge in [0, 0.05) is 13.0 Å². The molecule has 1 aromatic rings. The maximum absolute atomic E-state index is 8.40. The van der Waals surface area contributed by atoms with Gasteiger partial charge in [-0.15, -0.1) is 0 Å². The van der Waals surface area contributed by atoms with E-state index in [0.29, 0.717) is 6.42 Å².